The Kier molecular flexibility index (Phi) is 6.90. The molecule has 0 bridgehead atoms. The first-order chi connectivity index (χ1) is 16.1. The van der Waals surface area contributed by atoms with Gasteiger partial charge in [-0.1, -0.05) is 31.5 Å². The second-order valence-corrected chi connectivity index (χ2v) is 8.19. The van der Waals surface area contributed by atoms with E-state index in [2.05, 4.69) is 32.9 Å². The number of hydrogen-bond donors (Lipinski definition) is 1. The molecule has 0 saturated heterocycles. The number of fused-ring (bicyclic) bond motifs is 2. The summed E-state index contributed by atoms with van der Waals surface area (Å²) in [7, 11) is 0. The standard InChI is InChI=1S/C28H29NO4/c1-4-7-16-32-28(31)22-11-9-8-10-21(22)27-23-14-12-19(29(5-2)6-3)17-25(23)33-26-18-20(30)13-15-24(26)27/h8-15,17-18H,4-7,16H2,1-3H3/p+1. The van der Waals surface area contributed by atoms with Crippen LogP contribution in [0.1, 0.15) is 44.0 Å². The lowest BCUT2D eigenvalue weighted by Crippen LogP contribution is -3.06. The number of unbranched alkanes of at least 4 members (excludes halogenated alkanes) is 1. The maximum Gasteiger partial charge on any atom is 0.338 e. The van der Waals surface area contributed by atoms with Crippen LogP contribution in [0.15, 0.2) is 69.9 Å². The van der Waals surface area contributed by atoms with Crippen molar-refractivity contribution in [1.82, 2.24) is 0 Å². The Morgan fingerprint density at radius 2 is 1.73 bits per heavy atom. The van der Waals surface area contributed by atoms with Crippen molar-refractivity contribution in [3.63, 3.8) is 0 Å². The van der Waals surface area contributed by atoms with Gasteiger partial charge in [-0.3, -0.25) is 4.79 Å². The Morgan fingerprint density at radius 1 is 0.939 bits per heavy atom. The molecule has 1 heterocycles. The van der Waals surface area contributed by atoms with Gasteiger partial charge in [0.1, 0.15) is 17.0 Å². The van der Waals surface area contributed by atoms with E-state index in [0.717, 1.165) is 53.7 Å². The molecule has 0 saturated carbocycles. The zero-order valence-corrected chi connectivity index (χ0v) is 19.4. The summed E-state index contributed by atoms with van der Waals surface area (Å²) in [6.07, 6.45) is 1.78. The molecule has 1 N–H and O–H groups in total. The molecule has 0 unspecified atom stereocenters. The molecule has 2 aromatic rings. The smallest absolute Gasteiger partial charge is 0.338 e. The summed E-state index contributed by atoms with van der Waals surface area (Å²) in [5.41, 5.74) is 4.64. The van der Waals surface area contributed by atoms with Crippen LogP contribution in [0.2, 0.25) is 0 Å². The van der Waals surface area contributed by atoms with E-state index in [4.69, 9.17) is 9.15 Å². The Balaban J connectivity index is 1.97. The molecular formula is C28H30NO4+. The van der Waals surface area contributed by atoms with Crippen molar-refractivity contribution in [3.8, 4) is 22.5 Å². The number of esters is 1. The molecule has 0 fully saturated rings. The number of rotatable bonds is 8. The molecule has 1 aliphatic heterocycles. The van der Waals surface area contributed by atoms with E-state index in [1.165, 1.54) is 17.0 Å². The number of hydrogen-bond acceptors (Lipinski definition) is 4. The zero-order valence-electron chi connectivity index (χ0n) is 19.4. The summed E-state index contributed by atoms with van der Waals surface area (Å²) < 4.78 is 11.8. The second-order valence-electron chi connectivity index (χ2n) is 8.19. The van der Waals surface area contributed by atoms with Crippen molar-refractivity contribution in [2.75, 3.05) is 19.7 Å². The Labute approximate surface area is 193 Å². The predicted octanol–water partition coefficient (Wildman–Crippen LogP) is 5.08. The Bertz CT molecular complexity index is 1300. The minimum Gasteiger partial charge on any atom is -0.462 e. The van der Waals surface area contributed by atoms with Crippen molar-refractivity contribution in [2.24, 2.45) is 0 Å². The van der Waals surface area contributed by atoms with Crippen LogP contribution < -0.4 is 10.3 Å². The monoisotopic (exact) mass is 444 g/mol. The summed E-state index contributed by atoms with van der Waals surface area (Å²) in [6.45, 7) is 8.67. The number of carbonyl (C=O) groups is 1. The fourth-order valence-electron chi connectivity index (χ4n) is 4.30. The zero-order chi connectivity index (χ0) is 23.4. The molecule has 1 aliphatic carbocycles. The first-order valence-corrected chi connectivity index (χ1v) is 11.7. The molecule has 5 heteroatoms. The van der Waals surface area contributed by atoms with Gasteiger partial charge in [0.15, 0.2) is 5.43 Å². The maximum absolute atomic E-state index is 13.0. The summed E-state index contributed by atoms with van der Waals surface area (Å²) in [4.78, 5) is 26.4. The topological polar surface area (TPSA) is 61.0 Å². The van der Waals surface area contributed by atoms with Gasteiger partial charge in [-0.15, -0.1) is 0 Å². The average Bonchev–Trinajstić information content (AvgIpc) is 2.83. The van der Waals surface area contributed by atoms with Crippen LogP contribution in [-0.4, -0.2) is 25.7 Å². The molecule has 0 spiro atoms. The van der Waals surface area contributed by atoms with Crippen molar-refractivity contribution < 1.29 is 18.8 Å². The number of carbonyl (C=O) groups excluding carboxylic acids is 1. The first-order valence-electron chi connectivity index (χ1n) is 11.7. The second kappa shape index (κ2) is 10.0. The van der Waals surface area contributed by atoms with Gasteiger partial charge in [0.25, 0.3) is 0 Å². The molecule has 2 aromatic carbocycles. The van der Waals surface area contributed by atoms with E-state index in [0.29, 0.717) is 23.5 Å². The third-order valence-electron chi connectivity index (χ3n) is 6.10. The third kappa shape index (κ3) is 4.55. The highest BCUT2D eigenvalue weighted by molar-refractivity contribution is 6.08. The molecule has 0 radical (unpaired) electrons. The summed E-state index contributed by atoms with van der Waals surface area (Å²) in [5, 5.41) is 0.894. The minimum atomic E-state index is -0.342. The molecule has 0 amide bonds. The summed E-state index contributed by atoms with van der Waals surface area (Å²) in [6, 6.07) is 18.5. The van der Waals surface area contributed by atoms with Crippen LogP contribution in [0, 0.1) is 0 Å². The van der Waals surface area contributed by atoms with Crippen LogP contribution in [0.25, 0.3) is 33.4 Å². The fourth-order valence-corrected chi connectivity index (χ4v) is 4.30. The molecule has 4 rings (SSSR count). The Morgan fingerprint density at radius 3 is 2.48 bits per heavy atom. The third-order valence-corrected chi connectivity index (χ3v) is 6.10. The molecule has 170 valence electrons. The lowest BCUT2D eigenvalue weighted by Gasteiger charge is -2.19. The van der Waals surface area contributed by atoms with Gasteiger partial charge in [0, 0.05) is 28.6 Å². The molecule has 5 nitrogen and oxygen atoms in total. The lowest BCUT2D eigenvalue weighted by atomic mass is 9.90. The highest BCUT2D eigenvalue weighted by Crippen LogP contribution is 2.41. The van der Waals surface area contributed by atoms with Gasteiger partial charge in [-0.2, -0.15) is 0 Å². The Hall–Kier alpha value is -3.44. The average molecular weight is 445 g/mol. The van der Waals surface area contributed by atoms with E-state index in [1.807, 2.05) is 24.3 Å². The van der Waals surface area contributed by atoms with Gasteiger partial charge in [0.2, 0.25) is 0 Å². The SMILES string of the molecule is CCCCOC(=O)c1ccccc1-c1c2ccc(=O)cc-2oc2cc([NH+](CC)CC)ccc12. The quantitative estimate of drug-likeness (QED) is 0.234. The van der Waals surface area contributed by atoms with Gasteiger partial charge >= 0.3 is 5.97 Å². The van der Waals surface area contributed by atoms with Crippen LogP contribution >= 0.6 is 0 Å². The predicted molar refractivity (Wildman–Crippen MR) is 131 cm³/mol. The number of quaternary nitrogens is 1. The lowest BCUT2D eigenvalue weighted by molar-refractivity contribution is -0.828. The van der Waals surface area contributed by atoms with Gasteiger partial charge < -0.3 is 14.1 Å². The molecular weight excluding hydrogens is 414 g/mol. The van der Waals surface area contributed by atoms with E-state index in [9.17, 15) is 9.59 Å². The first kappa shape index (κ1) is 22.7. The number of nitrogens with one attached hydrogen (secondary N) is 1. The van der Waals surface area contributed by atoms with Crippen molar-refractivity contribution >= 4 is 22.6 Å². The van der Waals surface area contributed by atoms with Crippen LogP contribution in [-0.2, 0) is 4.74 Å². The van der Waals surface area contributed by atoms with Gasteiger partial charge in [-0.05, 0) is 56.2 Å². The van der Waals surface area contributed by atoms with Crippen molar-refractivity contribution in [1.29, 1.82) is 0 Å². The molecule has 33 heavy (non-hydrogen) atoms. The van der Waals surface area contributed by atoms with E-state index in [1.54, 1.807) is 12.1 Å². The molecule has 0 atom stereocenters. The highest BCUT2D eigenvalue weighted by atomic mass is 16.5. The molecule has 0 aromatic heterocycles. The number of ether oxygens (including phenoxy) is 1. The van der Waals surface area contributed by atoms with E-state index < -0.39 is 0 Å². The summed E-state index contributed by atoms with van der Waals surface area (Å²) in [5.74, 6) is 0.164. The van der Waals surface area contributed by atoms with Gasteiger partial charge in [0.05, 0.1) is 25.3 Å². The van der Waals surface area contributed by atoms with Crippen LogP contribution in [0.5, 0.6) is 0 Å². The van der Waals surface area contributed by atoms with E-state index >= 15 is 0 Å². The van der Waals surface area contributed by atoms with E-state index in [-0.39, 0.29) is 11.4 Å². The molecule has 2 aliphatic rings. The number of benzene rings is 3. The minimum absolute atomic E-state index is 0.116. The van der Waals surface area contributed by atoms with Crippen molar-refractivity contribution in [3.05, 3.63) is 76.5 Å². The van der Waals surface area contributed by atoms with Crippen molar-refractivity contribution in [2.45, 2.75) is 33.6 Å². The summed E-state index contributed by atoms with van der Waals surface area (Å²) >= 11 is 0. The van der Waals surface area contributed by atoms with Crippen LogP contribution in [0.4, 0.5) is 5.69 Å². The largest absolute Gasteiger partial charge is 0.462 e. The maximum atomic E-state index is 13.0. The fraction of sp³-hybridized carbons (Fsp3) is 0.286. The van der Waals surface area contributed by atoms with Gasteiger partial charge in [-0.25, -0.2) is 4.79 Å². The highest BCUT2D eigenvalue weighted by Gasteiger charge is 2.23. The van der Waals surface area contributed by atoms with Crippen LogP contribution in [0.3, 0.4) is 0 Å². The normalized spacial score (nSPS) is 11.4.